The van der Waals surface area contributed by atoms with Crippen molar-refractivity contribution in [2.45, 2.75) is 26.9 Å². The van der Waals surface area contributed by atoms with Crippen molar-refractivity contribution in [2.24, 2.45) is 7.05 Å². The summed E-state index contributed by atoms with van der Waals surface area (Å²) in [6.45, 7) is 5.83. The molecule has 0 aliphatic rings. The van der Waals surface area contributed by atoms with E-state index >= 15 is 0 Å². The van der Waals surface area contributed by atoms with Crippen LogP contribution >= 0.6 is 0 Å². The Balaban J connectivity index is 1.78. The lowest BCUT2D eigenvalue weighted by molar-refractivity contribution is 0.315. The van der Waals surface area contributed by atoms with Gasteiger partial charge in [-0.3, -0.25) is 14.6 Å². The zero-order valence-electron chi connectivity index (χ0n) is 14.8. The van der Waals surface area contributed by atoms with Gasteiger partial charge in [-0.15, -0.1) is 0 Å². The van der Waals surface area contributed by atoms with E-state index in [4.69, 9.17) is 0 Å². The lowest BCUT2D eigenvalue weighted by Crippen LogP contribution is -2.18. The normalized spacial score (nSPS) is 11.2. The van der Waals surface area contributed by atoms with Gasteiger partial charge in [-0.1, -0.05) is 30.3 Å². The Kier molecular flexibility index (Phi) is 4.76. The zero-order chi connectivity index (χ0) is 17.1. The molecule has 2 aromatic heterocycles. The maximum absolute atomic E-state index is 4.64. The maximum Gasteiger partial charge on any atom is 0.0968 e. The predicted molar refractivity (Wildman–Crippen MR) is 97.5 cm³/mol. The van der Waals surface area contributed by atoms with Crippen molar-refractivity contribution in [3.05, 3.63) is 71.2 Å². The molecular formula is C20H24N4. The quantitative estimate of drug-likeness (QED) is 0.718. The van der Waals surface area contributed by atoms with Crippen molar-refractivity contribution in [3.63, 3.8) is 0 Å². The first-order chi connectivity index (χ1) is 11.5. The largest absolute Gasteiger partial charge is 0.296 e. The van der Waals surface area contributed by atoms with Gasteiger partial charge in [0, 0.05) is 43.2 Å². The molecule has 3 aromatic rings. The predicted octanol–water partition coefficient (Wildman–Crippen LogP) is 3.73. The third-order valence-corrected chi connectivity index (χ3v) is 3.97. The highest BCUT2D eigenvalue weighted by atomic mass is 15.3. The minimum atomic E-state index is 0.825. The van der Waals surface area contributed by atoms with Crippen LogP contribution in [0.2, 0.25) is 0 Å². The molecule has 0 unspecified atom stereocenters. The van der Waals surface area contributed by atoms with Gasteiger partial charge in [0.1, 0.15) is 0 Å². The molecular weight excluding hydrogens is 296 g/mol. The van der Waals surface area contributed by atoms with Crippen LogP contribution in [-0.2, 0) is 20.1 Å². The summed E-state index contributed by atoms with van der Waals surface area (Å²) in [6, 6.07) is 14.6. The van der Waals surface area contributed by atoms with E-state index < -0.39 is 0 Å². The fourth-order valence-electron chi connectivity index (χ4n) is 3.12. The van der Waals surface area contributed by atoms with Crippen LogP contribution in [0.4, 0.5) is 0 Å². The highest BCUT2D eigenvalue weighted by Gasteiger charge is 2.12. The summed E-state index contributed by atoms with van der Waals surface area (Å²) in [4.78, 5) is 6.92. The minimum absolute atomic E-state index is 0.825. The first-order valence-electron chi connectivity index (χ1n) is 8.22. The van der Waals surface area contributed by atoms with Crippen molar-refractivity contribution in [1.82, 2.24) is 19.7 Å². The van der Waals surface area contributed by atoms with Gasteiger partial charge in [-0.25, -0.2) is 0 Å². The van der Waals surface area contributed by atoms with E-state index in [-0.39, 0.29) is 0 Å². The molecule has 0 saturated heterocycles. The molecule has 124 valence electrons. The van der Waals surface area contributed by atoms with E-state index in [1.54, 1.807) is 0 Å². The summed E-state index contributed by atoms with van der Waals surface area (Å²) >= 11 is 0. The molecule has 0 bridgehead atoms. The molecule has 24 heavy (non-hydrogen) atoms. The summed E-state index contributed by atoms with van der Waals surface area (Å²) in [5.74, 6) is 0. The van der Waals surface area contributed by atoms with Gasteiger partial charge in [0.2, 0.25) is 0 Å². The monoisotopic (exact) mass is 320 g/mol. The van der Waals surface area contributed by atoms with Gasteiger partial charge >= 0.3 is 0 Å². The highest BCUT2D eigenvalue weighted by molar-refractivity contribution is 5.62. The molecule has 2 heterocycles. The Morgan fingerprint density at radius 3 is 2.50 bits per heavy atom. The second kappa shape index (κ2) is 6.97. The Morgan fingerprint density at radius 1 is 1.04 bits per heavy atom. The van der Waals surface area contributed by atoms with Crippen LogP contribution in [0.3, 0.4) is 0 Å². The van der Waals surface area contributed by atoms with Gasteiger partial charge in [0.15, 0.2) is 0 Å². The SMILES string of the molecule is Cc1cc(C)nc(CN(C)Cc2cn(C)nc2-c2ccccc2)c1. The molecule has 0 N–H and O–H groups in total. The lowest BCUT2D eigenvalue weighted by Gasteiger charge is -2.17. The van der Waals surface area contributed by atoms with Gasteiger partial charge in [0.25, 0.3) is 0 Å². The summed E-state index contributed by atoms with van der Waals surface area (Å²) in [6.07, 6.45) is 2.10. The van der Waals surface area contributed by atoms with Crippen molar-refractivity contribution in [3.8, 4) is 11.3 Å². The van der Waals surface area contributed by atoms with E-state index in [2.05, 4.69) is 71.5 Å². The third kappa shape index (κ3) is 3.89. The Hall–Kier alpha value is -2.46. The van der Waals surface area contributed by atoms with E-state index in [9.17, 15) is 0 Å². The fraction of sp³-hybridized carbons (Fsp3) is 0.300. The molecule has 0 fully saturated rings. The van der Waals surface area contributed by atoms with Gasteiger partial charge in [-0.2, -0.15) is 5.10 Å². The number of nitrogens with zero attached hydrogens (tertiary/aromatic N) is 4. The Bertz CT molecular complexity index is 801. The second-order valence-electron chi connectivity index (χ2n) is 6.49. The van der Waals surface area contributed by atoms with Crippen molar-refractivity contribution >= 4 is 0 Å². The first-order valence-corrected chi connectivity index (χ1v) is 8.22. The summed E-state index contributed by atoms with van der Waals surface area (Å²) in [7, 11) is 4.10. The van der Waals surface area contributed by atoms with E-state index in [1.165, 1.54) is 11.1 Å². The number of hydrogen-bond acceptors (Lipinski definition) is 3. The van der Waals surface area contributed by atoms with Crippen LogP contribution in [0, 0.1) is 13.8 Å². The van der Waals surface area contributed by atoms with Gasteiger partial charge < -0.3 is 0 Å². The average Bonchev–Trinajstić information content (AvgIpc) is 2.87. The zero-order valence-corrected chi connectivity index (χ0v) is 14.8. The summed E-state index contributed by atoms with van der Waals surface area (Å²) in [5, 5.41) is 4.64. The van der Waals surface area contributed by atoms with Crippen molar-refractivity contribution in [1.29, 1.82) is 0 Å². The number of hydrogen-bond donors (Lipinski definition) is 0. The molecule has 1 aromatic carbocycles. The molecule has 3 rings (SSSR count). The van der Waals surface area contributed by atoms with Crippen LogP contribution in [-0.4, -0.2) is 26.7 Å². The molecule has 4 nitrogen and oxygen atoms in total. The number of pyridine rings is 1. The summed E-state index contributed by atoms with van der Waals surface area (Å²) in [5.41, 5.74) is 6.89. The topological polar surface area (TPSA) is 34.0 Å². The van der Waals surface area contributed by atoms with Gasteiger partial charge in [-0.05, 0) is 38.6 Å². The second-order valence-corrected chi connectivity index (χ2v) is 6.49. The number of aryl methyl sites for hydroxylation is 3. The molecule has 0 radical (unpaired) electrons. The molecule has 4 heteroatoms. The molecule has 0 atom stereocenters. The molecule has 0 spiro atoms. The van der Waals surface area contributed by atoms with Crippen LogP contribution in [0.15, 0.2) is 48.7 Å². The Morgan fingerprint density at radius 2 is 1.79 bits per heavy atom. The smallest absolute Gasteiger partial charge is 0.0968 e. The van der Waals surface area contributed by atoms with E-state index in [0.717, 1.165) is 35.7 Å². The van der Waals surface area contributed by atoms with Crippen LogP contribution < -0.4 is 0 Å². The fourth-order valence-corrected chi connectivity index (χ4v) is 3.12. The maximum atomic E-state index is 4.64. The van der Waals surface area contributed by atoms with Gasteiger partial charge in [0.05, 0.1) is 11.4 Å². The first kappa shape index (κ1) is 16.4. The average molecular weight is 320 g/mol. The van der Waals surface area contributed by atoms with Crippen LogP contribution in [0.25, 0.3) is 11.3 Å². The minimum Gasteiger partial charge on any atom is -0.296 e. The van der Waals surface area contributed by atoms with Crippen molar-refractivity contribution in [2.75, 3.05) is 7.05 Å². The molecule has 0 aliphatic heterocycles. The molecule has 0 aliphatic carbocycles. The van der Waals surface area contributed by atoms with Crippen molar-refractivity contribution < 1.29 is 0 Å². The highest BCUT2D eigenvalue weighted by Crippen LogP contribution is 2.23. The van der Waals surface area contributed by atoms with E-state index in [1.807, 2.05) is 24.7 Å². The lowest BCUT2D eigenvalue weighted by atomic mass is 10.1. The molecule has 0 amide bonds. The van der Waals surface area contributed by atoms with Crippen LogP contribution in [0.1, 0.15) is 22.5 Å². The third-order valence-electron chi connectivity index (χ3n) is 3.97. The number of aromatic nitrogens is 3. The molecule has 0 saturated carbocycles. The van der Waals surface area contributed by atoms with Crippen LogP contribution in [0.5, 0.6) is 0 Å². The Labute approximate surface area is 143 Å². The number of benzene rings is 1. The summed E-state index contributed by atoms with van der Waals surface area (Å²) < 4.78 is 1.89. The number of rotatable bonds is 5. The standard InChI is InChI=1S/C20H24N4/c1-15-10-16(2)21-19(11-15)14-23(3)12-18-13-24(4)22-20(18)17-8-6-5-7-9-17/h5-11,13H,12,14H2,1-4H3. The van der Waals surface area contributed by atoms with E-state index in [0.29, 0.717) is 0 Å².